The van der Waals surface area contributed by atoms with Gasteiger partial charge in [-0.05, 0) is 56.9 Å². The van der Waals surface area contributed by atoms with E-state index in [0.29, 0.717) is 42.4 Å². The molecule has 30 heavy (non-hydrogen) atoms. The number of hydrogen-bond acceptors (Lipinski definition) is 5. The van der Waals surface area contributed by atoms with Crippen molar-refractivity contribution in [3.63, 3.8) is 0 Å². The number of rotatable bonds is 7. The smallest absolute Gasteiger partial charge is 0.191 e. The molecule has 0 aliphatic carbocycles. The van der Waals surface area contributed by atoms with Gasteiger partial charge in [0.15, 0.2) is 5.96 Å². The van der Waals surface area contributed by atoms with Crippen LogP contribution in [-0.2, 0) is 11.2 Å². The zero-order chi connectivity index (χ0) is 21.6. The van der Waals surface area contributed by atoms with Gasteiger partial charge in [-0.2, -0.15) is 10.4 Å². The highest BCUT2D eigenvalue weighted by Crippen LogP contribution is 2.24. The van der Waals surface area contributed by atoms with Crippen molar-refractivity contribution < 1.29 is 9.13 Å². The summed E-state index contributed by atoms with van der Waals surface area (Å²) in [6.07, 6.45) is 3.43. The fourth-order valence-electron chi connectivity index (χ4n) is 3.48. The average Bonchev–Trinajstić information content (AvgIpc) is 3.31. The highest BCUT2D eigenvalue weighted by atomic mass is 19.1. The van der Waals surface area contributed by atoms with Crippen LogP contribution in [0.4, 0.5) is 10.2 Å². The first-order valence-electron chi connectivity index (χ1n) is 10.1. The molecule has 0 spiro atoms. The number of aromatic nitrogens is 2. The normalized spacial score (nSPS) is 18.9. The molecule has 1 aliphatic rings. The Labute approximate surface area is 175 Å². The van der Waals surface area contributed by atoms with Crippen LogP contribution in [0, 0.1) is 17.1 Å². The second-order valence-electron chi connectivity index (χ2n) is 7.56. The zero-order valence-corrected chi connectivity index (χ0v) is 17.4. The Kier molecular flexibility index (Phi) is 6.90. The lowest BCUT2D eigenvalue weighted by molar-refractivity contribution is 0.0243. The molecule has 1 aromatic heterocycles. The van der Waals surface area contributed by atoms with Gasteiger partial charge >= 0.3 is 0 Å². The number of nitrogens with zero attached hydrogens (tertiary/aromatic N) is 4. The average molecular weight is 414 g/mol. The van der Waals surface area contributed by atoms with E-state index < -0.39 is 0 Å². The molecule has 0 bridgehead atoms. The first-order valence-corrected chi connectivity index (χ1v) is 10.1. The van der Waals surface area contributed by atoms with Crippen molar-refractivity contribution in [2.75, 3.05) is 32.5 Å². The first kappa shape index (κ1) is 21.6. The summed E-state index contributed by atoms with van der Waals surface area (Å²) in [5.41, 5.74) is 7.54. The van der Waals surface area contributed by atoms with Crippen LogP contribution in [0.25, 0.3) is 5.69 Å². The lowest BCUT2D eigenvalue weighted by Crippen LogP contribution is -2.45. The van der Waals surface area contributed by atoms with Crippen molar-refractivity contribution in [2.24, 2.45) is 4.99 Å². The number of nitrogen functional groups attached to an aromatic ring is 1. The molecule has 3 rings (SSSR count). The summed E-state index contributed by atoms with van der Waals surface area (Å²) < 4.78 is 20.4. The number of nitrogens with one attached hydrogen (secondary N) is 2. The van der Waals surface area contributed by atoms with E-state index in [1.54, 1.807) is 19.2 Å². The van der Waals surface area contributed by atoms with Gasteiger partial charge in [0.1, 0.15) is 23.3 Å². The van der Waals surface area contributed by atoms with Crippen molar-refractivity contribution in [1.82, 2.24) is 20.4 Å². The van der Waals surface area contributed by atoms with Gasteiger partial charge in [-0.25, -0.2) is 9.07 Å². The Morgan fingerprint density at radius 3 is 2.80 bits per heavy atom. The van der Waals surface area contributed by atoms with Crippen molar-refractivity contribution in [1.29, 1.82) is 5.26 Å². The molecule has 4 N–H and O–H groups in total. The van der Waals surface area contributed by atoms with E-state index >= 15 is 0 Å². The molecule has 1 fully saturated rings. The van der Waals surface area contributed by atoms with Gasteiger partial charge in [0.2, 0.25) is 0 Å². The third-order valence-electron chi connectivity index (χ3n) is 5.21. The number of hydrogen-bond donors (Lipinski definition) is 3. The van der Waals surface area contributed by atoms with Crippen LogP contribution in [0.15, 0.2) is 29.3 Å². The van der Waals surface area contributed by atoms with Gasteiger partial charge in [-0.3, -0.25) is 4.99 Å². The molecule has 0 amide bonds. The summed E-state index contributed by atoms with van der Waals surface area (Å²) >= 11 is 0. The Morgan fingerprint density at radius 1 is 1.40 bits per heavy atom. The van der Waals surface area contributed by atoms with Crippen LogP contribution in [0.2, 0.25) is 0 Å². The number of nitrogens with two attached hydrogens (primary N) is 1. The monoisotopic (exact) mass is 413 g/mol. The number of aryl methyl sites for hydroxylation is 1. The van der Waals surface area contributed by atoms with E-state index in [4.69, 9.17) is 10.5 Å². The predicted octanol–water partition coefficient (Wildman–Crippen LogP) is 2.13. The number of halogens is 1. The molecular weight excluding hydrogens is 385 g/mol. The van der Waals surface area contributed by atoms with Gasteiger partial charge in [-0.15, -0.1) is 0 Å². The van der Waals surface area contributed by atoms with Crippen LogP contribution in [0.3, 0.4) is 0 Å². The maximum Gasteiger partial charge on any atom is 0.191 e. The molecule has 1 saturated heterocycles. The second kappa shape index (κ2) is 9.59. The van der Waals surface area contributed by atoms with Crippen LogP contribution in [-0.4, -0.2) is 48.1 Å². The van der Waals surface area contributed by atoms with Gasteiger partial charge in [-0.1, -0.05) is 0 Å². The predicted molar refractivity (Wildman–Crippen MR) is 114 cm³/mol. The molecule has 160 valence electrons. The third-order valence-corrected chi connectivity index (χ3v) is 5.21. The Balaban J connectivity index is 1.54. The fourth-order valence-corrected chi connectivity index (χ4v) is 3.48. The summed E-state index contributed by atoms with van der Waals surface area (Å²) in [5.74, 6) is 0.629. The SMILES string of the molecule is CN=C(NCCCc1nn(-c2ccc(F)cc2)c(N)c1C#N)NCC1(C)CCCO1. The van der Waals surface area contributed by atoms with Crippen LogP contribution < -0.4 is 16.4 Å². The lowest BCUT2D eigenvalue weighted by atomic mass is 10.0. The Hall–Kier alpha value is -3.12. The van der Waals surface area contributed by atoms with Crippen LogP contribution >= 0.6 is 0 Å². The van der Waals surface area contributed by atoms with Gasteiger partial charge < -0.3 is 21.1 Å². The van der Waals surface area contributed by atoms with Crippen molar-refractivity contribution in [3.05, 3.63) is 41.3 Å². The fraction of sp³-hybridized carbons (Fsp3) is 0.476. The Morgan fingerprint density at radius 2 is 2.17 bits per heavy atom. The standard InChI is InChI=1S/C21H28FN7O/c1-21(10-4-12-30-21)14-27-20(25-2)26-11-3-5-18-17(13-23)19(24)29(28-18)16-8-6-15(22)7-9-16/h6-9H,3-5,10-12,14,24H2,1-2H3,(H2,25,26,27). The third kappa shape index (κ3) is 5.07. The van der Waals surface area contributed by atoms with Crippen LogP contribution in [0.1, 0.15) is 37.4 Å². The first-order chi connectivity index (χ1) is 14.5. The van der Waals surface area contributed by atoms with Crippen molar-refractivity contribution >= 4 is 11.8 Å². The maximum atomic E-state index is 13.2. The molecule has 2 aromatic rings. The molecule has 1 unspecified atom stereocenters. The molecule has 8 nitrogen and oxygen atoms in total. The quantitative estimate of drug-likeness (QED) is 0.364. The van der Waals surface area contributed by atoms with E-state index in [0.717, 1.165) is 25.9 Å². The molecule has 0 saturated carbocycles. The molecule has 2 heterocycles. The minimum atomic E-state index is -0.341. The molecule has 1 aromatic carbocycles. The van der Waals surface area contributed by atoms with Crippen molar-refractivity contribution in [2.45, 2.75) is 38.2 Å². The van der Waals surface area contributed by atoms with Crippen LogP contribution in [0.5, 0.6) is 0 Å². The lowest BCUT2D eigenvalue weighted by Gasteiger charge is -2.24. The zero-order valence-electron chi connectivity index (χ0n) is 17.4. The number of benzene rings is 1. The summed E-state index contributed by atoms with van der Waals surface area (Å²) in [5, 5.41) is 20.5. The summed E-state index contributed by atoms with van der Waals surface area (Å²) in [4.78, 5) is 4.24. The van der Waals surface area contributed by atoms with Gasteiger partial charge in [0.05, 0.1) is 17.0 Å². The molecular formula is C21H28FN7O. The number of anilines is 1. The second-order valence-corrected chi connectivity index (χ2v) is 7.56. The topological polar surface area (TPSA) is 113 Å². The highest BCUT2D eigenvalue weighted by molar-refractivity contribution is 5.79. The van der Waals surface area contributed by atoms with Gasteiger partial charge in [0.25, 0.3) is 0 Å². The van der Waals surface area contributed by atoms with Gasteiger partial charge in [0, 0.05) is 26.7 Å². The van der Waals surface area contributed by atoms with E-state index in [2.05, 4.69) is 33.7 Å². The molecule has 1 atom stereocenters. The van der Waals surface area contributed by atoms with E-state index in [1.807, 2.05) is 0 Å². The number of nitriles is 1. The number of guanidine groups is 1. The highest BCUT2D eigenvalue weighted by Gasteiger charge is 2.29. The summed E-state index contributed by atoms with van der Waals surface area (Å²) in [6.45, 7) is 4.26. The van der Waals surface area contributed by atoms with E-state index in [1.165, 1.54) is 16.8 Å². The summed E-state index contributed by atoms with van der Waals surface area (Å²) in [6, 6.07) is 7.96. The van der Waals surface area contributed by atoms with E-state index in [9.17, 15) is 9.65 Å². The Bertz CT molecular complexity index is 924. The minimum absolute atomic E-state index is 0.149. The molecule has 1 aliphatic heterocycles. The minimum Gasteiger partial charge on any atom is -0.382 e. The van der Waals surface area contributed by atoms with Crippen molar-refractivity contribution in [3.8, 4) is 11.8 Å². The largest absolute Gasteiger partial charge is 0.382 e. The van der Waals surface area contributed by atoms with E-state index in [-0.39, 0.29) is 17.2 Å². The molecule has 9 heteroatoms. The number of aliphatic imine (C=N–C) groups is 1. The maximum absolute atomic E-state index is 13.2. The number of ether oxygens (including phenoxy) is 1. The molecule has 0 radical (unpaired) electrons. The summed E-state index contributed by atoms with van der Waals surface area (Å²) in [7, 11) is 1.73.